The number of hydrogen-bond donors (Lipinski definition) is 1. The third-order valence-corrected chi connectivity index (χ3v) is 2.56. The van der Waals surface area contributed by atoms with E-state index in [1.807, 2.05) is 20.8 Å². The maximum absolute atomic E-state index is 11.9. The van der Waals surface area contributed by atoms with Crippen LogP contribution in [0.25, 0.3) is 0 Å². The van der Waals surface area contributed by atoms with Crippen LogP contribution in [0, 0.1) is 0 Å². The lowest BCUT2D eigenvalue weighted by molar-refractivity contribution is -0.117. The second kappa shape index (κ2) is 4.44. The van der Waals surface area contributed by atoms with Crippen molar-refractivity contribution in [2.75, 3.05) is 19.6 Å². The Morgan fingerprint density at radius 2 is 2.17 bits per heavy atom. The summed E-state index contributed by atoms with van der Waals surface area (Å²) in [4.78, 5) is 29.3. The van der Waals surface area contributed by atoms with Crippen LogP contribution >= 0.6 is 0 Å². The molecule has 0 saturated carbocycles. The first kappa shape index (κ1) is 12.6. The highest BCUT2D eigenvalue weighted by Crippen LogP contribution is 2.22. The van der Waals surface area contributed by atoms with Gasteiger partial charge in [0.05, 0.1) is 30.9 Å². The molecule has 0 fully saturated rings. The Bertz CT molecular complexity index is 446. The van der Waals surface area contributed by atoms with Crippen LogP contribution in [-0.2, 0) is 9.53 Å². The monoisotopic (exact) mass is 251 g/mol. The third kappa shape index (κ3) is 2.69. The van der Waals surface area contributed by atoms with Crippen molar-refractivity contribution in [3.8, 4) is 0 Å². The molecule has 0 atom stereocenters. The molecule has 6 nitrogen and oxygen atoms in total. The van der Waals surface area contributed by atoms with Crippen molar-refractivity contribution in [1.29, 1.82) is 0 Å². The molecule has 0 aromatic heterocycles. The van der Waals surface area contributed by atoms with Crippen molar-refractivity contribution in [3.63, 3.8) is 0 Å². The molecule has 0 radical (unpaired) electrons. The van der Waals surface area contributed by atoms with Crippen molar-refractivity contribution >= 4 is 18.2 Å². The van der Waals surface area contributed by atoms with Crippen molar-refractivity contribution in [2.24, 2.45) is 4.99 Å². The van der Waals surface area contributed by atoms with Crippen molar-refractivity contribution in [3.05, 3.63) is 11.3 Å². The van der Waals surface area contributed by atoms with E-state index in [1.165, 1.54) is 4.90 Å². The van der Waals surface area contributed by atoms with E-state index in [-0.39, 0.29) is 12.5 Å². The van der Waals surface area contributed by atoms with Gasteiger partial charge in [0.2, 0.25) is 0 Å². The third-order valence-electron chi connectivity index (χ3n) is 2.56. The van der Waals surface area contributed by atoms with Gasteiger partial charge in [0.1, 0.15) is 5.60 Å². The zero-order valence-electron chi connectivity index (χ0n) is 10.8. The highest BCUT2D eigenvalue weighted by molar-refractivity contribution is 5.98. The molecule has 0 aromatic carbocycles. The number of carbonyl (C=O) groups is 2. The van der Waals surface area contributed by atoms with Crippen LogP contribution in [0.1, 0.15) is 20.8 Å². The van der Waals surface area contributed by atoms with E-state index in [2.05, 4.69) is 10.3 Å². The average molecular weight is 251 g/mol. The van der Waals surface area contributed by atoms with E-state index >= 15 is 0 Å². The minimum absolute atomic E-state index is 0.159. The minimum atomic E-state index is -0.539. The first-order chi connectivity index (χ1) is 8.37. The Morgan fingerprint density at radius 1 is 1.44 bits per heavy atom. The number of ether oxygens (including phenoxy) is 1. The fraction of sp³-hybridized carbons (Fsp3) is 0.583. The summed E-state index contributed by atoms with van der Waals surface area (Å²) in [5, 5.41) is 2.70. The number of hydrogen-bond acceptors (Lipinski definition) is 4. The summed E-state index contributed by atoms with van der Waals surface area (Å²) in [5.74, 6) is -0.159. The normalized spacial score (nSPS) is 19.5. The zero-order valence-corrected chi connectivity index (χ0v) is 10.8. The lowest BCUT2D eigenvalue weighted by atomic mass is 10.2. The van der Waals surface area contributed by atoms with Crippen LogP contribution in [0.15, 0.2) is 16.3 Å². The van der Waals surface area contributed by atoms with Crippen molar-refractivity contribution < 1.29 is 14.3 Å². The molecule has 2 heterocycles. The molecule has 2 rings (SSSR count). The summed E-state index contributed by atoms with van der Waals surface area (Å²) < 4.78 is 5.27. The summed E-state index contributed by atoms with van der Waals surface area (Å²) in [7, 11) is 0. The predicted octanol–water partition coefficient (Wildman–Crippen LogP) is 0.692. The number of aliphatic imine (C=N–C) groups is 1. The Kier molecular flexibility index (Phi) is 3.11. The molecular weight excluding hydrogens is 234 g/mol. The molecular formula is C12H17N3O3. The molecule has 2 aliphatic rings. The zero-order chi connectivity index (χ0) is 13.3. The SMILES string of the molecule is CC(C)(C)OC(=O)N1CC2=C(C1)C(=O)NCC=N2. The van der Waals surface area contributed by atoms with Gasteiger partial charge < -0.3 is 10.1 Å². The molecule has 0 spiro atoms. The van der Waals surface area contributed by atoms with Crippen molar-refractivity contribution in [2.45, 2.75) is 26.4 Å². The van der Waals surface area contributed by atoms with Crippen LogP contribution in [0.3, 0.4) is 0 Å². The van der Waals surface area contributed by atoms with Gasteiger partial charge in [0.25, 0.3) is 5.91 Å². The van der Waals surface area contributed by atoms with Gasteiger partial charge in [-0.15, -0.1) is 0 Å². The van der Waals surface area contributed by atoms with E-state index in [9.17, 15) is 9.59 Å². The van der Waals surface area contributed by atoms with Crippen LogP contribution < -0.4 is 5.32 Å². The van der Waals surface area contributed by atoms with Crippen LogP contribution in [-0.4, -0.2) is 48.4 Å². The molecule has 0 saturated heterocycles. The largest absolute Gasteiger partial charge is 0.444 e. The fourth-order valence-corrected chi connectivity index (χ4v) is 1.79. The van der Waals surface area contributed by atoms with Gasteiger partial charge in [-0.1, -0.05) is 0 Å². The van der Waals surface area contributed by atoms with Crippen LogP contribution in [0.2, 0.25) is 0 Å². The van der Waals surface area contributed by atoms with E-state index in [0.29, 0.717) is 24.4 Å². The molecule has 0 aliphatic carbocycles. The Morgan fingerprint density at radius 3 is 2.83 bits per heavy atom. The fourth-order valence-electron chi connectivity index (χ4n) is 1.79. The molecule has 0 aromatic rings. The van der Waals surface area contributed by atoms with Crippen molar-refractivity contribution in [1.82, 2.24) is 10.2 Å². The first-order valence-electron chi connectivity index (χ1n) is 5.87. The topological polar surface area (TPSA) is 71.0 Å². The van der Waals surface area contributed by atoms with Gasteiger partial charge in [0, 0.05) is 6.21 Å². The summed E-state index contributed by atoms with van der Waals surface area (Å²) >= 11 is 0. The van der Waals surface area contributed by atoms with E-state index in [0.717, 1.165) is 0 Å². The summed E-state index contributed by atoms with van der Waals surface area (Å²) in [6.45, 7) is 6.44. The predicted molar refractivity (Wildman–Crippen MR) is 66.3 cm³/mol. The van der Waals surface area contributed by atoms with Gasteiger partial charge in [-0.05, 0) is 20.8 Å². The lowest BCUT2D eigenvalue weighted by Crippen LogP contribution is -2.37. The van der Waals surface area contributed by atoms with E-state index in [4.69, 9.17) is 4.74 Å². The van der Waals surface area contributed by atoms with Crippen LogP contribution in [0.4, 0.5) is 4.79 Å². The van der Waals surface area contributed by atoms with Gasteiger partial charge in [-0.2, -0.15) is 0 Å². The number of rotatable bonds is 0. The number of amides is 2. The number of nitrogens with zero attached hydrogens (tertiary/aromatic N) is 2. The quantitative estimate of drug-likeness (QED) is 0.688. The Hall–Kier alpha value is -1.85. The van der Waals surface area contributed by atoms with E-state index in [1.54, 1.807) is 6.21 Å². The molecule has 6 heteroatoms. The molecule has 0 unspecified atom stereocenters. The van der Waals surface area contributed by atoms with Gasteiger partial charge in [-0.3, -0.25) is 14.7 Å². The highest BCUT2D eigenvalue weighted by Gasteiger charge is 2.32. The molecule has 0 bridgehead atoms. The number of carbonyl (C=O) groups excluding carboxylic acids is 2. The van der Waals surface area contributed by atoms with Gasteiger partial charge >= 0.3 is 6.09 Å². The minimum Gasteiger partial charge on any atom is -0.444 e. The molecule has 2 amide bonds. The van der Waals surface area contributed by atoms with Crippen LogP contribution in [0.5, 0.6) is 0 Å². The molecule has 2 aliphatic heterocycles. The lowest BCUT2D eigenvalue weighted by Gasteiger charge is -2.24. The standard InChI is InChI=1S/C12H17N3O3/c1-12(2,3)18-11(17)15-6-8-9(7-15)13-4-5-14-10(8)16/h4H,5-7H2,1-3H3,(H,14,16). The maximum atomic E-state index is 11.9. The molecule has 98 valence electrons. The Balaban J connectivity index is 2.06. The number of nitrogens with one attached hydrogen (secondary N) is 1. The smallest absolute Gasteiger partial charge is 0.410 e. The second-order valence-corrected chi connectivity index (χ2v) is 5.28. The summed E-state index contributed by atoms with van der Waals surface area (Å²) in [5.41, 5.74) is 0.660. The van der Waals surface area contributed by atoms with Gasteiger partial charge in [0.15, 0.2) is 0 Å². The first-order valence-corrected chi connectivity index (χ1v) is 5.87. The average Bonchev–Trinajstić information content (AvgIpc) is 2.59. The molecule has 18 heavy (non-hydrogen) atoms. The van der Waals surface area contributed by atoms with Gasteiger partial charge in [-0.25, -0.2) is 4.79 Å². The summed E-state index contributed by atoms with van der Waals surface area (Å²) in [6.07, 6.45) is 1.22. The maximum Gasteiger partial charge on any atom is 0.410 e. The molecule has 1 N–H and O–H groups in total. The second-order valence-electron chi connectivity index (χ2n) is 5.28. The highest BCUT2D eigenvalue weighted by atomic mass is 16.6. The Labute approximate surface area is 106 Å². The van der Waals surface area contributed by atoms with E-state index < -0.39 is 11.7 Å². The summed E-state index contributed by atoms with van der Waals surface area (Å²) in [6, 6.07) is 0.